The molecular formula is C20H19NO5. The van der Waals surface area contributed by atoms with Gasteiger partial charge in [-0.3, -0.25) is 14.5 Å². The zero-order valence-electron chi connectivity index (χ0n) is 14.4. The molecule has 0 atom stereocenters. The fourth-order valence-electron chi connectivity index (χ4n) is 2.73. The van der Waals surface area contributed by atoms with Crippen molar-refractivity contribution >= 4 is 17.8 Å². The summed E-state index contributed by atoms with van der Waals surface area (Å²) < 4.78 is 10.5. The second-order valence-corrected chi connectivity index (χ2v) is 5.82. The second kappa shape index (κ2) is 7.82. The van der Waals surface area contributed by atoms with E-state index in [-0.39, 0.29) is 31.6 Å². The molecule has 0 aliphatic carbocycles. The van der Waals surface area contributed by atoms with Crippen molar-refractivity contribution in [1.82, 2.24) is 4.90 Å². The number of rotatable bonds is 7. The van der Waals surface area contributed by atoms with Gasteiger partial charge in [0.25, 0.3) is 11.8 Å². The van der Waals surface area contributed by atoms with Crippen molar-refractivity contribution in [3.8, 4) is 5.75 Å². The molecule has 3 rings (SSSR count). The fraction of sp³-hybridized carbons (Fsp3) is 0.250. The third-order valence-electron chi connectivity index (χ3n) is 4.12. The van der Waals surface area contributed by atoms with Gasteiger partial charge in [0.05, 0.1) is 17.7 Å². The van der Waals surface area contributed by atoms with Gasteiger partial charge in [-0.25, -0.2) is 4.79 Å². The van der Waals surface area contributed by atoms with Crippen LogP contribution in [0.4, 0.5) is 0 Å². The van der Waals surface area contributed by atoms with Gasteiger partial charge in [0.1, 0.15) is 12.4 Å². The lowest BCUT2D eigenvalue weighted by Gasteiger charge is -2.14. The van der Waals surface area contributed by atoms with Crippen molar-refractivity contribution in [3.05, 3.63) is 65.2 Å². The van der Waals surface area contributed by atoms with Crippen LogP contribution < -0.4 is 4.74 Å². The average molecular weight is 353 g/mol. The van der Waals surface area contributed by atoms with Crippen molar-refractivity contribution in [2.24, 2.45) is 0 Å². The Labute approximate surface area is 151 Å². The zero-order valence-corrected chi connectivity index (χ0v) is 14.4. The van der Waals surface area contributed by atoms with E-state index in [1.807, 2.05) is 25.1 Å². The summed E-state index contributed by atoms with van der Waals surface area (Å²) in [4.78, 5) is 37.3. The first-order valence-corrected chi connectivity index (χ1v) is 8.42. The summed E-state index contributed by atoms with van der Waals surface area (Å²) in [6.07, 6.45) is 0.877. The summed E-state index contributed by atoms with van der Waals surface area (Å²) in [5.74, 6) is -0.686. The molecule has 1 aliphatic rings. The van der Waals surface area contributed by atoms with Crippen molar-refractivity contribution in [3.63, 3.8) is 0 Å². The maximum atomic E-state index is 12.2. The van der Waals surface area contributed by atoms with Crippen molar-refractivity contribution < 1.29 is 23.9 Å². The second-order valence-electron chi connectivity index (χ2n) is 5.82. The number of ether oxygens (including phenoxy) is 2. The molecule has 0 fully saturated rings. The van der Waals surface area contributed by atoms with Gasteiger partial charge >= 0.3 is 5.97 Å². The quantitative estimate of drug-likeness (QED) is 0.565. The number of hydrogen-bond acceptors (Lipinski definition) is 5. The molecule has 2 aromatic rings. The summed E-state index contributed by atoms with van der Waals surface area (Å²) in [5, 5.41) is 0. The van der Waals surface area contributed by atoms with Crippen LogP contribution in [0.15, 0.2) is 48.5 Å². The molecule has 134 valence electrons. The van der Waals surface area contributed by atoms with Crippen molar-refractivity contribution in [2.45, 2.75) is 13.3 Å². The van der Waals surface area contributed by atoms with E-state index in [4.69, 9.17) is 9.47 Å². The summed E-state index contributed by atoms with van der Waals surface area (Å²) in [6, 6.07) is 14.1. The van der Waals surface area contributed by atoms with E-state index in [9.17, 15) is 14.4 Å². The van der Waals surface area contributed by atoms with Crippen molar-refractivity contribution in [2.75, 3.05) is 19.8 Å². The predicted octanol–water partition coefficient (Wildman–Crippen LogP) is 2.47. The molecule has 26 heavy (non-hydrogen) atoms. The van der Waals surface area contributed by atoms with E-state index in [1.165, 1.54) is 0 Å². The first-order chi connectivity index (χ1) is 12.6. The molecule has 0 unspecified atom stereocenters. The molecule has 1 heterocycles. The topological polar surface area (TPSA) is 72.9 Å². The smallest absolute Gasteiger partial charge is 0.344 e. The Balaban J connectivity index is 1.46. The van der Waals surface area contributed by atoms with Crippen LogP contribution in [0, 0.1) is 0 Å². The normalized spacial score (nSPS) is 12.9. The Kier molecular flexibility index (Phi) is 5.31. The Bertz CT molecular complexity index is 811. The standard InChI is InChI=1S/C20H19NO5/c1-2-14-6-5-7-15(12-14)26-13-18(22)25-11-10-21-19(23)16-8-3-4-9-17(16)20(21)24/h3-9,12H,2,10-11,13H2,1H3. The van der Waals surface area contributed by atoms with E-state index in [0.29, 0.717) is 16.9 Å². The van der Waals surface area contributed by atoms with Crippen LogP contribution in [0.2, 0.25) is 0 Å². The Morgan fingerprint density at radius 1 is 1.00 bits per heavy atom. The number of amides is 2. The number of carbonyl (C=O) groups is 3. The number of hydrogen-bond donors (Lipinski definition) is 0. The summed E-state index contributed by atoms with van der Waals surface area (Å²) >= 11 is 0. The van der Waals surface area contributed by atoms with E-state index < -0.39 is 5.97 Å². The van der Waals surface area contributed by atoms with Gasteiger partial charge in [-0.2, -0.15) is 0 Å². The lowest BCUT2D eigenvalue weighted by atomic mass is 10.1. The minimum Gasteiger partial charge on any atom is -0.482 e. The Hall–Kier alpha value is -3.15. The number of esters is 1. The third-order valence-corrected chi connectivity index (χ3v) is 4.12. The monoisotopic (exact) mass is 353 g/mol. The van der Waals surface area contributed by atoms with Gasteiger partial charge in [0.2, 0.25) is 0 Å². The lowest BCUT2D eigenvalue weighted by Crippen LogP contribution is -2.33. The molecule has 1 aliphatic heterocycles. The molecule has 0 spiro atoms. The number of imide groups is 1. The molecule has 0 N–H and O–H groups in total. The van der Waals surface area contributed by atoms with Crippen LogP contribution >= 0.6 is 0 Å². The molecule has 6 heteroatoms. The molecule has 0 saturated heterocycles. The highest BCUT2D eigenvalue weighted by Crippen LogP contribution is 2.21. The van der Waals surface area contributed by atoms with Crippen LogP contribution in [-0.4, -0.2) is 42.4 Å². The van der Waals surface area contributed by atoms with Gasteiger partial charge in [0.15, 0.2) is 6.61 Å². The van der Waals surface area contributed by atoms with Crippen molar-refractivity contribution in [1.29, 1.82) is 0 Å². The van der Waals surface area contributed by atoms with Crippen LogP contribution in [0.1, 0.15) is 33.2 Å². The summed E-state index contributed by atoms with van der Waals surface area (Å²) in [5.41, 5.74) is 1.87. The molecule has 2 amide bonds. The highest BCUT2D eigenvalue weighted by atomic mass is 16.6. The lowest BCUT2D eigenvalue weighted by molar-refractivity contribution is -0.146. The van der Waals surface area contributed by atoms with Gasteiger partial charge in [0, 0.05) is 0 Å². The average Bonchev–Trinajstić information content (AvgIpc) is 2.92. The van der Waals surface area contributed by atoms with Gasteiger partial charge in [-0.15, -0.1) is 0 Å². The van der Waals surface area contributed by atoms with Crippen LogP contribution in [0.5, 0.6) is 5.75 Å². The summed E-state index contributed by atoms with van der Waals surface area (Å²) in [7, 11) is 0. The largest absolute Gasteiger partial charge is 0.482 e. The maximum Gasteiger partial charge on any atom is 0.344 e. The first kappa shape index (κ1) is 17.7. The van der Waals surface area contributed by atoms with E-state index in [1.54, 1.807) is 30.3 Å². The molecule has 0 saturated carbocycles. The van der Waals surface area contributed by atoms with E-state index in [0.717, 1.165) is 16.9 Å². The number of fused-ring (bicyclic) bond motifs is 1. The van der Waals surface area contributed by atoms with Gasteiger partial charge in [-0.1, -0.05) is 31.2 Å². The predicted molar refractivity (Wildman–Crippen MR) is 94.1 cm³/mol. The first-order valence-electron chi connectivity index (χ1n) is 8.42. The maximum absolute atomic E-state index is 12.2. The molecule has 2 aromatic carbocycles. The van der Waals surface area contributed by atoms with Gasteiger partial charge in [-0.05, 0) is 36.2 Å². The zero-order chi connectivity index (χ0) is 18.5. The van der Waals surface area contributed by atoms with Crippen LogP contribution in [0.3, 0.4) is 0 Å². The third kappa shape index (κ3) is 3.74. The number of carbonyl (C=O) groups excluding carboxylic acids is 3. The number of nitrogens with zero attached hydrogens (tertiary/aromatic N) is 1. The minimum absolute atomic E-state index is 0.0173. The highest BCUT2D eigenvalue weighted by molar-refractivity contribution is 6.21. The molecule has 0 bridgehead atoms. The van der Waals surface area contributed by atoms with E-state index in [2.05, 4.69) is 0 Å². The van der Waals surface area contributed by atoms with Gasteiger partial charge < -0.3 is 9.47 Å². The molecular weight excluding hydrogens is 334 g/mol. The SMILES string of the molecule is CCc1cccc(OCC(=O)OCCN2C(=O)c3ccccc3C2=O)c1. The minimum atomic E-state index is -0.552. The number of benzene rings is 2. The van der Waals surface area contributed by atoms with Crippen LogP contribution in [0.25, 0.3) is 0 Å². The molecule has 6 nitrogen and oxygen atoms in total. The van der Waals surface area contributed by atoms with E-state index >= 15 is 0 Å². The molecule has 0 aromatic heterocycles. The Morgan fingerprint density at radius 2 is 1.69 bits per heavy atom. The summed E-state index contributed by atoms with van der Waals surface area (Å²) in [6.45, 7) is 1.76. The highest BCUT2D eigenvalue weighted by Gasteiger charge is 2.34. The molecule has 0 radical (unpaired) electrons. The Morgan fingerprint density at radius 3 is 2.35 bits per heavy atom. The number of aryl methyl sites for hydroxylation is 1. The fourth-order valence-corrected chi connectivity index (χ4v) is 2.73. The van der Waals surface area contributed by atoms with Crippen LogP contribution in [-0.2, 0) is 16.0 Å².